The molecule has 1 saturated heterocycles. The molecule has 1 aromatic heterocycles. The maximum absolute atomic E-state index is 12.9. The lowest BCUT2D eigenvalue weighted by atomic mass is 10.1. The fourth-order valence-corrected chi connectivity index (χ4v) is 4.75. The fourth-order valence-electron chi connectivity index (χ4n) is 4.33. The van der Waals surface area contributed by atoms with E-state index in [9.17, 15) is 4.79 Å². The molecule has 0 atom stereocenters. The van der Waals surface area contributed by atoms with Gasteiger partial charge in [0.1, 0.15) is 5.58 Å². The van der Waals surface area contributed by atoms with E-state index in [2.05, 4.69) is 9.80 Å². The maximum atomic E-state index is 12.9. The molecule has 2 aromatic carbocycles. The van der Waals surface area contributed by atoms with Crippen LogP contribution in [0.4, 0.5) is 5.69 Å². The van der Waals surface area contributed by atoms with Gasteiger partial charge in [0, 0.05) is 37.8 Å². The fraction of sp³-hybridized carbons (Fsp3) is 0.375. The first-order chi connectivity index (χ1) is 15.6. The topological polar surface area (TPSA) is 55.2 Å². The Balaban J connectivity index is 1.12. The smallest absolute Gasteiger partial charge is 0.231 e. The van der Waals surface area contributed by atoms with Gasteiger partial charge in [-0.2, -0.15) is 0 Å². The monoisotopic (exact) mass is 474 g/mol. The number of rotatable bonds is 6. The number of hydrogen-bond acceptors (Lipinski definition) is 6. The summed E-state index contributed by atoms with van der Waals surface area (Å²) in [6, 6.07) is 9.21. The van der Waals surface area contributed by atoms with E-state index in [0.717, 1.165) is 51.3 Å². The molecule has 32 heavy (non-hydrogen) atoms. The van der Waals surface area contributed by atoms with E-state index in [1.54, 1.807) is 18.4 Å². The van der Waals surface area contributed by atoms with E-state index < -0.39 is 0 Å². The molecule has 2 aliphatic rings. The second-order valence-corrected chi connectivity index (χ2v) is 8.94. The first-order valence-corrected chi connectivity index (χ1v) is 11.6. The van der Waals surface area contributed by atoms with Gasteiger partial charge < -0.3 is 18.8 Å². The standard InChI is InChI=1S/C24H24Cl2N2O4/c25-18-5-3-6-19(23(18)26)28-10-8-27(9-11-28)7-2-1-4-16-14-30-20-13-22-21(31-15-32-22)12-17(20)24(16)29/h3,5-6,12-14H,1-2,4,7-11,15H2. The molecule has 0 bridgehead atoms. The molecule has 0 saturated carbocycles. The molecule has 3 aromatic rings. The van der Waals surface area contributed by atoms with Crippen LogP contribution in [0.2, 0.25) is 10.0 Å². The van der Waals surface area contributed by atoms with Crippen molar-refractivity contribution in [2.45, 2.75) is 19.3 Å². The van der Waals surface area contributed by atoms with Gasteiger partial charge in [0.15, 0.2) is 16.9 Å². The highest BCUT2D eigenvalue weighted by atomic mass is 35.5. The van der Waals surface area contributed by atoms with Gasteiger partial charge in [-0.25, -0.2) is 0 Å². The Morgan fingerprint density at radius 3 is 2.56 bits per heavy atom. The van der Waals surface area contributed by atoms with Gasteiger partial charge in [-0.3, -0.25) is 9.69 Å². The minimum atomic E-state index is 0.0107. The molecule has 6 nitrogen and oxygen atoms in total. The second-order valence-electron chi connectivity index (χ2n) is 8.15. The number of ether oxygens (including phenoxy) is 2. The van der Waals surface area contributed by atoms with Crippen LogP contribution in [0.15, 0.2) is 45.8 Å². The number of benzene rings is 2. The van der Waals surface area contributed by atoms with Crippen LogP contribution >= 0.6 is 23.2 Å². The zero-order chi connectivity index (χ0) is 22.1. The van der Waals surface area contributed by atoms with E-state index in [1.807, 2.05) is 18.2 Å². The molecule has 8 heteroatoms. The lowest BCUT2D eigenvalue weighted by molar-refractivity contribution is 0.174. The second kappa shape index (κ2) is 9.22. The molecule has 168 valence electrons. The summed E-state index contributed by atoms with van der Waals surface area (Å²) < 4.78 is 16.4. The third-order valence-electron chi connectivity index (χ3n) is 6.15. The van der Waals surface area contributed by atoms with Crippen LogP contribution in [0.25, 0.3) is 11.0 Å². The van der Waals surface area contributed by atoms with Gasteiger partial charge in [0.05, 0.1) is 27.4 Å². The highest BCUT2D eigenvalue weighted by Gasteiger charge is 2.20. The number of unbranched alkanes of at least 4 members (excludes halogenated alkanes) is 1. The summed E-state index contributed by atoms with van der Waals surface area (Å²) in [7, 11) is 0. The molecule has 0 unspecified atom stereocenters. The predicted octanol–water partition coefficient (Wildman–Crippen LogP) is 4.97. The number of halogens is 2. The summed E-state index contributed by atoms with van der Waals surface area (Å²) in [4.78, 5) is 17.6. The first-order valence-electron chi connectivity index (χ1n) is 10.9. The van der Waals surface area contributed by atoms with Gasteiger partial charge in [-0.15, -0.1) is 0 Å². The Bertz CT molecular complexity index is 1190. The molecule has 0 spiro atoms. The SMILES string of the molecule is O=c1c(CCCCN2CCN(c3cccc(Cl)c3Cl)CC2)coc2cc3c(cc12)OCO3. The predicted molar refractivity (Wildman–Crippen MR) is 127 cm³/mol. The molecular weight excluding hydrogens is 451 g/mol. The van der Waals surface area contributed by atoms with Crippen molar-refractivity contribution in [3.63, 3.8) is 0 Å². The van der Waals surface area contributed by atoms with Crippen molar-refractivity contribution in [2.75, 3.05) is 44.4 Å². The minimum Gasteiger partial charge on any atom is -0.464 e. The largest absolute Gasteiger partial charge is 0.464 e. The quantitative estimate of drug-likeness (QED) is 0.469. The van der Waals surface area contributed by atoms with Crippen LogP contribution in [0.3, 0.4) is 0 Å². The number of nitrogens with zero attached hydrogens (tertiary/aromatic N) is 2. The van der Waals surface area contributed by atoms with E-state index in [4.69, 9.17) is 37.1 Å². The first kappa shape index (κ1) is 21.4. The molecule has 2 aliphatic heterocycles. The summed E-state index contributed by atoms with van der Waals surface area (Å²) in [5.41, 5.74) is 2.25. The summed E-state index contributed by atoms with van der Waals surface area (Å²) in [5, 5.41) is 1.76. The molecular formula is C24H24Cl2N2O4. The van der Waals surface area contributed by atoms with E-state index in [-0.39, 0.29) is 12.2 Å². The number of hydrogen-bond donors (Lipinski definition) is 0. The van der Waals surface area contributed by atoms with E-state index in [1.165, 1.54) is 0 Å². The van der Waals surface area contributed by atoms with Gasteiger partial charge >= 0.3 is 0 Å². The van der Waals surface area contributed by atoms with Crippen molar-refractivity contribution in [1.82, 2.24) is 4.90 Å². The van der Waals surface area contributed by atoms with Crippen molar-refractivity contribution in [3.05, 3.63) is 62.4 Å². The summed E-state index contributed by atoms with van der Waals surface area (Å²) in [6.07, 6.45) is 4.24. The Morgan fingerprint density at radius 2 is 1.75 bits per heavy atom. The van der Waals surface area contributed by atoms with Crippen molar-refractivity contribution in [3.8, 4) is 11.5 Å². The van der Waals surface area contributed by atoms with Gasteiger partial charge in [-0.1, -0.05) is 29.3 Å². The molecule has 0 amide bonds. The number of piperazine rings is 1. The van der Waals surface area contributed by atoms with Crippen molar-refractivity contribution < 1.29 is 13.9 Å². The zero-order valence-corrected chi connectivity index (χ0v) is 19.1. The lowest BCUT2D eigenvalue weighted by Crippen LogP contribution is -2.46. The van der Waals surface area contributed by atoms with Crippen LogP contribution in [0.5, 0.6) is 11.5 Å². The molecule has 3 heterocycles. The molecule has 0 N–H and O–H groups in total. The van der Waals surface area contributed by atoms with Crippen LogP contribution in [0.1, 0.15) is 18.4 Å². The van der Waals surface area contributed by atoms with Crippen molar-refractivity contribution in [1.29, 1.82) is 0 Å². The van der Waals surface area contributed by atoms with E-state index >= 15 is 0 Å². The van der Waals surface area contributed by atoms with Crippen LogP contribution in [0, 0.1) is 0 Å². The molecule has 1 fully saturated rings. The Kier molecular flexibility index (Phi) is 6.17. The number of fused-ring (bicyclic) bond motifs is 2. The van der Waals surface area contributed by atoms with Crippen LogP contribution in [-0.2, 0) is 6.42 Å². The average Bonchev–Trinajstić information content (AvgIpc) is 3.27. The maximum Gasteiger partial charge on any atom is 0.231 e. The van der Waals surface area contributed by atoms with Gasteiger partial charge in [0.25, 0.3) is 0 Å². The van der Waals surface area contributed by atoms with E-state index in [0.29, 0.717) is 44.5 Å². The third kappa shape index (κ3) is 4.27. The Hall–Kier alpha value is -2.41. The molecule has 5 rings (SSSR count). The summed E-state index contributed by atoms with van der Waals surface area (Å²) in [5.74, 6) is 1.21. The van der Waals surface area contributed by atoms with Crippen molar-refractivity contribution in [2.24, 2.45) is 0 Å². The summed E-state index contributed by atoms with van der Waals surface area (Å²) in [6.45, 7) is 4.99. The normalized spacial score (nSPS) is 16.1. The van der Waals surface area contributed by atoms with Gasteiger partial charge in [-0.05, 0) is 44.0 Å². The highest BCUT2D eigenvalue weighted by molar-refractivity contribution is 6.43. The van der Waals surface area contributed by atoms with Crippen LogP contribution < -0.4 is 19.8 Å². The Labute approximate surface area is 196 Å². The minimum absolute atomic E-state index is 0.0107. The molecule has 0 radical (unpaired) electrons. The Morgan fingerprint density at radius 1 is 0.969 bits per heavy atom. The number of aryl methyl sites for hydroxylation is 1. The molecule has 0 aliphatic carbocycles. The van der Waals surface area contributed by atoms with Gasteiger partial charge in [0.2, 0.25) is 6.79 Å². The lowest BCUT2D eigenvalue weighted by Gasteiger charge is -2.36. The van der Waals surface area contributed by atoms with Crippen LogP contribution in [-0.4, -0.2) is 44.4 Å². The van der Waals surface area contributed by atoms with Crippen molar-refractivity contribution >= 4 is 39.9 Å². The average molecular weight is 475 g/mol. The number of anilines is 1. The highest BCUT2D eigenvalue weighted by Crippen LogP contribution is 2.35. The third-order valence-corrected chi connectivity index (χ3v) is 6.96. The summed E-state index contributed by atoms with van der Waals surface area (Å²) >= 11 is 12.5. The zero-order valence-electron chi connectivity index (χ0n) is 17.6.